The number of amides is 1. The Morgan fingerprint density at radius 3 is 2.74 bits per heavy atom. The minimum absolute atomic E-state index is 0.126. The number of nitrogens with two attached hydrogens (primary N) is 1. The highest BCUT2D eigenvalue weighted by Gasteiger charge is 2.17. The predicted molar refractivity (Wildman–Crippen MR) is 80.9 cm³/mol. The molecule has 19 heavy (non-hydrogen) atoms. The Kier molecular flexibility index (Phi) is 4.15. The highest BCUT2D eigenvalue weighted by atomic mass is 35.5. The van der Waals surface area contributed by atoms with Crippen molar-refractivity contribution in [1.29, 1.82) is 0 Å². The number of thiazole rings is 1. The molecule has 0 spiro atoms. The minimum atomic E-state index is -0.145. The number of fused-ring (bicyclic) bond motifs is 1. The molecule has 0 atom stereocenters. The lowest BCUT2D eigenvalue weighted by Crippen LogP contribution is -2.17. The summed E-state index contributed by atoms with van der Waals surface area (Å²) in [6, 6.07) is 1.59. The van der Waals surface area contributed by atoms with Crippen LogP contribution in [0.15, 0.2) is 6.07 Å². The Balaban J connectivity index is 2.51. The number of carbonyl (C=O) groups is 1. The number of anilines is 2. The van der Waals surface area contributed by atoms with Gasteiger partial charge >= 0.3 is 0 Å². The molecule has 0 saturated carbocycles. The molecule has 1 aromatic heterocycles. The third-order valence-electron chi connectivity index (χ3n) is 2.47. The Hall–Kier alpha value is -1.08. The van der Waals surface area contributed by atoms with E-state index in [9.17, 15) is 4.79 Å². The van der Waals surface area contributed by atoms with Crippen molar-refractivity contribution < 1.29 is 4.79 Å². The molecule has 2 aromatic rings. The molecule has 102 valence electrons. The highest BCUT2D eigenvalue weighted by Crippen LogP contribution is 2.40. The molecule has 4 N–H and O–H groups in total. The van der Waals surface area contributed by atoms with Crippen LogP contribution in [-0.2, 0) is 4.79 Å². The van der Waals surface area contributed by atoms with E-state index in [2.05, 4.69) is 15.7 Å². The summed E-state index contributed by atoms with van der Waals surface area (Å²) in [5.41, 5.74) is 3.49. The van der Waals surface area contributed by atoms with Gasteiger partial charge < -0.3 is 5.32 Å². The average molecular weight is 319 g/mol. The van der Waals surface area contributed by atoms with Crippen molar-refractivity contribution in [2.75, 3.05) is 10.7 Å². The molecule has 5 nitrogen and oxygen atoms in total. The summed E-state index contributed by atoms with van der Waals surface area (Å²) in [5, 5.41) is 4.07. The number of rotatable bonds is 3. The van der Waals surface area contributed by atoms with Gasteiger partial charge in [0.2, 0.25) is 5.91 Å². The van der Waals surface area contributed by atoms with E-state index in [0.717, 1.165) is 0 Å². The molecule has 0 aliphatic rings. The van der Waals surface area contributed by atoms with Crippen LogP contribution in [0.4, 0.5) is 10.8 Å². The lowest BCUT2D eigenvalue weighted by atomic mass is 10.2. The number of halogens is 2. The number of carbonyl (C=O) groups excluding carboxylic acids is 1. The summed E-state index contributed by atoms with van der Waals surface area (Å²) in [5.74, 6) is 5.04. The molecular weight excluding hydrogens is 307 g/mol. The molecule has 2 rings (SSSR count). The Labute approximate surface area is 124 Å². The zero-order valence-corrected chi connectivity index (χ0v) is 12.6. The second-order valence-corrected chi connectivity index (χ2v) is 5.99. The maximum absolute atomic E-state index is 11.7. The number of nitrogen functional groups attached to an aromatic ring is 1. The van der Waals surface area contributed by atoms with Gasteiger partial charge in [-0.05, 0) is 6.07 Å². The van der Waals surface area contributed by atoms with Crippen molar-refractivity contribution >= 4 is 61.5 Å². The molecule has 0 aliphatic carbocycles. The van der Waals surface area contributed by atoms with Gasteiger partial charge in [0, 0.05) is 5.92 Å². The van der Waals surface area contributed by atoms with Crippen molar-refractivity contribution in [3.05, 3.63) is 16.1 Å². The van der Waals surface area contributed by atoms with E-state index in [1.807, 2.05) is 0 Å². The summed E-state index contributed by atoms with van der Waals surface area (Å²) >= 11 is 13.7. The van der Waals surface area contributed by atoms with Crippen LogP contribution in [-0.4, -0.2) is 10.9 Å². The molecule has 0 radical (unpaired) electrons. The lowest BCUT2D eigenvalue weighted by molar-refractivity contribution is -0.118. The quantitative estimate of drug-likeness (QED) is 0.598. The zero-order chi connectivity index (χ0) is 14.2. The van der Waals surface area contributed by atoms with Crippen molar-refractivity contribution in [3.8, 4) is 0 Å². The zero-order valence-electron chi connectivity index (χ0n) is 10.3. The SMILES string of the molecule is CC(C)C(=O)Nc1cc(Cl)c2nc(NN)sc2c1Cl. The molecule has 1 amide bonds. The standard InChI is InChI=1S/C11H12Cl2N4OS/c1-4(2)10(18)15-6-3-5(12)8-9(7(6)13)19-11(16-8)17-14/h3-4H,14H2,1-2H3,(H,15,18)(H,16,17). The molecule has 1 heterocycles. The first-order chi connectivity index (χ1) is 8.93. The van der Waals surface area contributed by atoms with E-state index in [1.165, 1.54) is 11.3 Å². The van der Waals surface area contributed by atoms with Gasteiger partial charge in [-0.15, -0.1) is 0 Å². The number of hydrogen-bond donors (Lipinski definition) is 3. The maximum atomic E-state index is 11.7. The van der Waals surface area contributed by atoms with Gasteiger partial charge in [-0.1, -0.05) is 48.4 Å². The van der Waals surface area contributed by atoms with Crippen LogP contribution >= 0.6 is 34.5 Å². The number of benzene rings is 1. The maximum Gasteiger partial charge on any atom is 0.226 e. The summed E-state index contributed by atoms with van der Waals surface area (Å²) in [6.07, 6.45) is 0. The van der Waals surface area contributed by atoms with Gasteiger partial charge in [-0.3, -0.25) is 10.2 Å². The number of nitrogens with zero attached hydrogens (tertiary/aromatic N) is 1. The molecule has 1 aromatic carbocycles. The number of nitrogens with one attached hydrogen (secondary N) is 2. The van der Waals surface area contributed by atoms with Crippen LogP contribution in [0.25, 0.3) is 10.2 Å². The topological polar surface area (TPSA) is 80.0 Å². The highest BCUT2D eigenvalue weighted by molar-refractivity contribution is 7.23. The molecule has 0 aliphatic heterocycles. The first-order valence-electron chi connectivity index (χ1n) is 5.50. The smallest absolute Gasteiger partial charge is 0.226 e. The lowest BCUT2D eigenvalue weighted by Gasteiger charge is -2.10. The van der Waals surface area contributed by atoms with E-state index in [0.29, 0.717) is 31.1 Å². The van der Waals surface area contributed by atoms with Gasteiger partial charge in [-0.2, -0.15) is 0 Å². The summed E-state index contributed by atoms with van der Waals surface area (Å²) in [4.78, 5) is 15.9. The third kappa shape index (κ3) is 2.76. The Morgan fingerprint density at radius 1 is 1.47 bits per heavy atom. The predicted octanol–water partition coefficient (Wildman–Crippen LogP) is 3.48. The minimum Gasteiger partial charge on any atom is -0.324 e. The van der Waals surface area contributed by atoms with Gasteiger partial charge in [-0.25, -0.2) is 10.8 Å². The number of hydrogen-bond acceptors (Lipinski definition) is 5. The molecule has 0 fully saturated rings. The van der Waals surface area contributed by atoms with Gasteiger partial charge in [0.05, 0.1) is 20.4 Å². The van der Waals surface area contributed by atoms with Crippen LogP contribution < -0.4 is 16.6 Å². The van der Waals surface area contributed by atoms with Crippen LogP contribution in [0, 0.1) is 5.92 Å². The van der Waals surface area contributed by atoms with Crippen molar-refractivity contribution in [2.45, 2.75) is 13.8 Å². The second-order valence-electron chi connectivity index (χ2n) is 4.20. The van der Waals surface area contributed by atoms with Gasteiger partial charge in [0.25, 0.3) is 0 Å². The monoisotopic (exact) mass is 318 g/mol. The van der Waals surface area contributed by atoms with Crippen molar-refractivity contribution in [1.82, 2.24) is 4.98 Å². The number of hydrazine groups is 1. The first-order valence-corrected chi connectivity index (χ1v) is 7.07. The van der Waals surface area contributed by atoms with Crippen molar-refractivity contribution in [3.63, 3.8) is 0 Å². The summed E-state index contributed by atoms with van der Waals surface area (Å²) < 4.78 is 0.682. The first kappa shape index (κ1) is 14.3. The molecule has 0 saturated heterocycles. The second kappa shape index (κ2) is 5.50. The van der Waals surface area contributed by atoms with Crippen LogP contribution in [0.2, 0.25) is 10.0 Å². The fraction of sp³-hybridized carbons (Fsp3) is 0.273. The van der Waals surface area contributed by atoms with E-state index in [-0.39, 0.29) is 11.8 Å². The molecule has 0 bridgehead atoms. The van der Waals surface area contributed by atoms with Gasteiger partial charge in [0.1, 0.15) is 5.52 Å². The van der Waals surface area contributed by atoms with E-state index < -0.39 is 0 Å². The van der Waals surface area contributed by atoms with E-state index in [1.54, 1.807) is 19.9 Å². The fourth-order valence-electron chi connectivity index (χ4n) is 1.44. The van der Waals surface area contributed by atoms with E-state index >= 15 is 0 Å². The molecular formula is C11H12Cl2N4OS. The van der Waals surface area contributed by atoms with Crippen LogP contribution in [0.3, 0.4) is 0 Å². The van der Waals surface area contributed by atoms with Gasteiger partial charge in [0.15, 0.2) is 5.13 Å². The number of aromatic nitrogens is 1. The Morgan fingerprint density at radius 2 is 2.16 bits per heavy atom. The molecule has 0 unspecified atom stereocenters. The summed E-state index contributed by atoms with van der Waals surface area (Å²) in [7, 11) is 0. The molecule has 8 heteroatoms. The van der Waals surface area contributed by atoms with Crippen LogP contribution in [0.5, 0.6) is 0 Å². The largest absolute Gasteiger partial charge is 0.324 e. The average Bonchev–Trinajstić information content (AvgIpc) is 2.80. The van der Waals surface area contributed by atoms with E-state index in [4.69, 9.17) is 29.0 Å². The normalized spacial score (nSPS) is 11.1. The van der Waals surface area contributed by atoms with Crippen LogP contribution in [0.1, 0.15) is 13.8 Å². The fourth-order valence-corrected chi connectivity index (χ4v) is 2.89. The summed E-state index contributed by atoms with van der Waals surface area (Å²) in [6.45, 7) is 3.60. The third-order valence-corrected chi connectivity index (χ3v) is 4.26. The van der Waals surface area contributed by atoms with Crippen molar-refractivity contribution in [2.24, 2.45) is 11.8 Å². The Bertz CT molecular complexity index is 641.